The Morgan fingerprint density at radius 1 is 1.38 bits per heavy atom. The molecule has 2 N–H and O–H groups in total. The maximum Gasteiger partial charge on any atom is 0.265 e. The average molecular weight is 186 g/mol. The van der Waals surface area contributed by atoms with Crippen LogP contribution >= 0.6 is 0 Å². The number of nitrogens with two attached hydrogens (primary N) is 1. The Bertz CT molecular complexity index is 188. The molecule has 1 aliphatic carbocycles. The van der Waals surface area contributed by atoms with Crippen molar-refractivity contribution < 1.29 is 9.63 Å². The zero-order valence-electron chi connectivity index (χ0n) is 8.38. The monoisotopic (exact) mass is 186 g/mol. The van der Waals surface area contributed by atoms with Crippen molar-refractivity contribution in [2.75, 3.05) is 14.2 Å². The van der Waals surface area contributed by atoms with Gasteiger partial charge in [-0.05, 0) is 12.8 Å². The molecule has 1 rings (SSSR count). The zero-order valence-corrected chi connectivity index (χ0v) is 8.38. The van der Waals surface area contributed by atoms with E-state index in [2.05, 4.69) is 0 Å². The van der Waals surface area contributed by atoms with Gasteiger partial charge in [-0.2, -0.15) is 0 Å². The van der Waals surface area contributed by atoms with Crippen LogP contribution < -0.4 is 5.73 Å². The lowest BCUT2D eigenvalue weighted by Gasteiger charge is -2.34. The molecule has 13 heavy (non-hydrogen) atoms. The minimum atomic E-state index is -0.678. The third kappa shape index (κ3) is 2.19. The van der Waals surface area contributed by atoms with Crippen LogP contribution in [0.5, 0.6) is 0 Å². The number of carbonyl (C=O) groups excluding carboxylic acids is 1. The fourth-order valence-corrected chi connectivity index (χ4v) is 1.79. The quantitative estimate of drug-likeness (QED) is 0.645. The van der Waals surface area contributed by atoms with Crippen LogP contribution in [0.1, 0.15) is 32.1 Å². The van der Waals surface area contributed by atoms with Gasteiger partial charge in [0.25, 0.3) is 5.91 Å². The normalized spacial score (nSPS) is 21.2. The Labute approximate surface area is 79.0 Å². The second kappa shape index (κ2) is 4.07. The summed E-state index contributed by atoms with van der Waals surface area (Å²) in [5.74, 6) is -0.102. The molecular formula is C9H18N2O2. The molecule has 0 heterocycles. The van der Waals surface area contributed by atoms with Crippen molar-refractivity contribution in [3.05, 3.63) is 0 Å². The lowest BCUT2D eigenvalue weighted by atomic mass is 9.82. The van der Waals surface area contributed by atoms with E-state index in [1.165, 1.54) is 18.6 Å². The van der Waals surface area contributed by atoms with Crippen LogP contribution in [0.3, 0.4) is 0 Å². The summed E-state index contributed by atoms with van der Waals surface area (Å²) in [5, 5.41) is 1.23. The lowest BCUT2D eigenvalue weighted by Crippen LogP contribution is -2.55. The second-order valence-electron chi connectivity index (χ2n) is 3.70. The lowest BCUT2D eigenvalue weighted by molar-refractivity contribution is -0.176. The Morgan fingerprint density at radius 3 is 2.38 bits per heavy atom. The molecule has 0 aromatic carbocycles. The van der Waals surface area contributed by atoms with E-state index < -0.39 is 5.54 Å². The summed E-state index contributed by atoms with van der Waals surface area (Å²) in [5.41, 5.74) is 5.33. The summed E-state index contributed by atoms with van der Waals surface area (Å²) >= 11 is 0. The zero-order chi connectivity index (χ0) is 9.90. The fourth-order valence-electron chi connectivity index (χ4n) is 1.79. The van der Waals surface area contributed by atoms with Crippen LogP contribution in [0.25, 0.3) is 0 Å². The van der Waals surface area contributed by atoms with Gasteiger partial charge in [-0.15, -0.1) is 0 Å². The molecule has 0 bridgehead atoms. The third-order valence-electron chi connectivity index (χ3n) is 2.73. The van der Waals surface area contributed by atoms with Crippen LogP contribution in [-0.2, 0) is 9.63 Å². The van der Waals surface area contributed by atoms with E-state index in [0.717, 1.165) is 25.7 Å². The smallest absolute Gasteiger partial charge is 0.265 e. The molecule has 76 valence electrons. The first kappa shape index (κ1) is 10.5. The highest BCUT2D eigenvalue weighted by atomic mass is 16.7. The van der Waals surface area contributed by atoms with Crippen LogP contribution in [0.2, 0.25) is 0 Å². The maximum absolute atomic E-state index is 11.7. The molecule has 0 radical (unpaired) electrons. The maximum atomic E-state index is 11.7. The first-order valence-electron chi connectivity index (χ1n) is 4.71. The largest absolute Gasteiger partial charge is 0.317 e. The van der Waals surface area contributed by atoms with Gasteiger partial charge in [-0.1, -0.05) is 19.3 Å². The van der Waals surface area contributed by atoms with E-state index >= 15 is 0 Å². The summed E-state index contributed by atoms with van der Waals surface area (Å²) in [7, 11) is 3.08. The van der Waals surface area contributed by atoms with E-state index in [1.54, 1.807) is 7.05 Å². The first-order chi connectivity index (χ1) is 6.10. The predicted octanol–water partition coefficient (Wildman–Crippen LogP) is 0.668. The van der Waals surface area contributed by atoms with Crippen molar-refractivity contribution >= 4 is 5.91 Å². The number of nitrogens with zero attached hydrogens (tertiary/aromatic N) is 1. The molecule has 4 nitrogen and oxygen atoms in total. The number of hydrogen-bond acceptors (Lipinski definition) is 3. The molecular weight excluding hydrogens is 168 g/mol. The fraction of sp³-hybridized carbons (Fsp3) is 0.889. The van der Waals surface area contributed by atoms with E-state index in [1.807, 2.05) is 0 Å². The van der Waals surface area contributed by atoms with E-state index in [0.29, 0.717) is 0 Å². The number of rotatable bonds is 2. The van der Waals surface area contributed by atoms with Crippen LogP contribution in [0, 0.1) is 0 Å². The summed E-state index contributed by atoms with van der Waals surface area (Å²) in [4.78, 5) is 16.6. The summed E-state index contributed by atoms with van der Waals surface area (Å²) in [6.07, 6.45) is 4.82. The predicted molar refractivity (Wildman–Crippen MR) is 49.8 cm³/mol. The van der Waals surface area contributed by atoms with Gasteiger partial charge in [0.05, 0.1) is 12.6 Å². The van der Waals surface area contributed by atoms with Crippen molar-refractivity contribution in [1.29, 1.82) is 0 Å². The van der Waals surface area contributed by atoms with Gasteiger partial charge in [0, 0.05) is 7.05 Å². The third-order valence-corrected chi connectivity index (χ3v) is 2.73. The standard InChI is InChI=1S/C9H18N2O2/c1-11(13-2)8(12)9(10)6-4-3-5-7-9/h3-7,10H2,1-2H3. The van der Waals surface area contributed by atoms with Crippen LogP contribution in [0.4, 0.5) is 0 Å². The highest BCUT2D eigenvalue weighted by Crippen LogP contribution is 2.27. The van der Waals surface area contributed by atoms with Crippen LogP contribution in [-0.4, -0.2) is 30.7 Å². The highest BCUT2D eigenvalue weighted by Gasteiger charge is 2.37. The average Bonchev–Trinajstić information content (AvgIpc) is 2.16. The van der Waals surface area contributed by atoms with Crippen molar-refractivity contribution in [3.63, 3.8) is 0 Å². The van der Waals surface area contributed by atoms with Gasteiger partial charge < -0.3 is 5.73 Å². The first-order valence-corrected chi connectivity index (χ1v) is 4.71. The van der Waals surface area contributed by atoms with Crippen molar-refractivity contribution in [1.82, 2.24) is 5.06 Å². The molecule has 0 aromatic rings. The number of hydrogen-bond donors (Lipinski definition) is 1. The Morgan fingerprint density at radius 2 is 1.92 bits per heavy atom. The van der Waals surface area contributed by atoms with E-state index in [-0.39, 0.29) is 5.91 Å². The Hall–Kier alpha value is -0.610. The summed E-state index contributed by atoms with van der Waals surface area (Å²) in [6.45, 7) is 0. The van der Waals surface area contributed by atoms with Crippen molar-refractivity contribution in [2.45, 2.75) is 37.6 Å². The minimum absolute atomic E-state index is 0.102. The molecule has 4 heteroatoms. The molecule has 0 spiro atoms. The van der Waals surface area contributed by atoms with Gasteiger partial charge >= 0.3 is 0 Å². The molecule has 1 aliphatic rings. The molecule has 0 aromatic heterocycles. The van der Waals surface area contributed by atoms with Gasteiger partial charge in [-0.3, -0.25) is 9.63 Å². The number of amides is 1. The van der Waals surface area contributed by atoms with E-state index in [9.17, 15) is 4.79 Å². The molecule has 1 saturated carbocycles. The van der Waals surface area contributed by atoms with E-state index in [4.69, 9.17) is 10.6 Å². The topological polar surface area (TPSA) is 55.6 Å². The summed E-state index contributed by atoms with van der Waals surface area (Å²) in [6, 6.07) is 0. The summed E-state index contributed by atoms with van der Waals surface area (Å²) < 4.78 is 0. The molecule has 1 fully saturated rings. The number of hydroxylamine groups is 2. The van der Waals surface area contributed by atoms with Crippen molar-refractivity contribution in [2.24, 2.45) is 5.73 Å². The van der Waals surface area contributed by atoms with Crippen LogP contribution in [0.15, 0.2) is 0 Å². The molecule has 1 amide bonds. The van der Waals surface area contributed by atoms with Gasteiger partial charge in [0.1, 0.15) is 0 Å². The number of likely N-dealkylation sites (N-methyl/N-ethyl adjacent to an activating group) is 1. The van der Waals surface area contributed by atoms with Gasteiger partial charge in [0.15, 0.2) is 0 Å². The molecule has 0 saturated heterocycles. The molecule has 0 unspecified atom stereocenters. The van der Waals surface area contributed by atoms with Gasteiger partial charge in [0.2, 0.25) is 0 Å². The highest BCUT2D eigenvalue weighted by molar-refractivity contribution is 5.85. The second-order valence-corrected chi connectivity index (χ2v) is 3.70. The Balaban J connectivity index is 2.61. The minimum Gasteiger partial charge on any atom is -0.317 e. The Kier molecular flexibility index (Phi) is 3.27. The SMILES string of the molecule is CON(C)C(=O)C1(N)CCCCC1. The molecule has 0 aliphatic heterocycles. The molecule has 0 atom stereocenters. The van der Waals surface area contributed by atoms with Gasteiger partial charge in [-0.25, -0.2) is 5.06 Å². The number of carbonyl (C=O) groups is 1. The van der Waals surface area contributed by atoms with Crippen molar-refractivity contribution in [3.8, 4) is 0 Å².